The minimum absolute atomic E-state index is 0.102. The van der Waals surface area contributed by atoms with Gasteiger partial charge in [0.05, 0.1) is 26.4 Å². The molecule has 0 bridgehead atoms. The van der Waals surface area contributed by atoms with Gasteiger partial charge in [0.1, 0.15) is 19.3 Å². The summed E-state index contributed by atoms with van der Waals surface area (Å²) in [4.78, 5) is 72.8. The molecule has 0 aliphatic carbocycles. The molecule has 19 heteroatoms. The molecule has 99 heavy (non-hydrogen) atoms. The van der Waals surface area contributed by atoms with Gasteiger partial charge in [-0.15, -0.1) is 0 Å². The lowest BCUT2D eigenvalue weighted by Gasteiger charge is -2.21. The first-order chi connectivity index (χ1) is 47.7. The summed E-state index contributed by atoms with van der Waals surface area (Å²) >= 11 is 0. The van der Waals surface area contributed by atoms with E-state index in [1.807, 2.05) is 0 Å². The molecule has 0 rings (SSSR count). The van der Waals surface area contributed by atoms with E-state index in [0.717, 1.165) is 102 Å². The van der Waals surface area contributed by atoms with Crippen molar-refractivity contribution in [1.82, 2.24) is 0 Å². The molecule has 588 valence electrons. The van der Waals surface area contributed by atoms with Crippen LogP contribution >= 0.6 is 15.6 Å². The predicted molar refractivity (Wildman–Crippen MR) is 405 cm³/mol. The molecule has 17 nitrogen and oxygen atoms in total. The molecule has 0 amide bonds. The third kappa shape index (κ3) is 74.1. The number of ether oxygens (including phenoxy) is 4. The van der Waals surface area contributed by atoms with Gasteiger partial charge in [0.25, 0.3) is 0 Å². The Morgan fingerprint density at radius 1 is 0.273 bits per heavy atom. The molecule has 0 heterocycles. The minimum Gasteiger partial charge on any atom is -0.462 e. The molecule has 5 atom stereocenters. The van der Waals surface area contributed by atoms with Crippen LogP contribution in [-0.2, 0) is 65.4 Å². The summed E-state index contributed by atoms with van der Waals surface area (Å²) in [5.74, 6) is 0.0767. The smallest absolute Gasteiger partial charge is 0.462 e. The summed E-state index contributed by atoms with van der Waals surface area (Å²) in [6, 6.07) is 0. The van der Waals surface area contributed by atoms with Crippen molar-refractivity contribution < 1.29 is 80.2 Å². The fourth-order valence-electron chi connectivity index (χ4n) is 12.3. The van der Waals surface area contributed by atoms with Crippen molar-refractivity contribution in [3.63, 3.8) is 0 Å². The van der Waals surface area contributed by atoms with Crippen LogP contribution in [0, 0.1) is 17.8 Å². The predicted octanol–water partition coefficient (Wildman–Crippen LogP) is 23.7. The first kappa shape index (κ1) is 97.1. The van der Waals surface area contributed by atoms with E-state index in [4.69, 9.17) is 37.0 Å². The van der Waals surface area contributed by atoms with E-state index in [2.05, 4.69) is 48.5 Å². The summed E-state index contributed by atoms with van der Waals surface area (Å²) in [6.45, 7) is 11.8. The number of phosphoric acid groups is 2. The van der Waals surface area contributed by atoms with Gasteiger partial charge in [-0.3, -0.25) is 37.3 Å². The fourth-order valence-corrected chi connectivity index (χ4v) is 13.9. The summed E-state index contributed by atoms with van der Waals surface area (Å²) in [6.07, 6.45) is 58.8. The van der Waals surface area contributed by atoms with Crippen LogP contribution in [0.3, 0.4) is 0 Å². The molecule has 0 aromatic carbocycles. The van der Waals surface area contributed by atoms with E-state index in [1.54, 1.807) is 0 Å². The lowest BCUT2D eigenvalue weighted by Crippen LogP contribution is -2.30. The van der Waals surface area contributed by atoms with Crippen molar-refractivity contribution in [2.24, 2.45) is 17.8 Å². The molecular formula is C80H156O17P2. The Labute approximate surface area is 607 Å². The maximum absolute atomic E-state index is 13.1. The molecule has 0 spiro atoms. The van der Waals surface area contributed by atoms with Crippen LogP contribution in [0.1, 0.15) is 414 Å². The number of carbonyl (C=O) groups excluding carboxylic acids is 4. The molecule has 0 aromatic heterocycles. The van der Waals surface area contributed by atoms with Crippen molar-refractivity contribution in [3.05, 3.63) is 0 Å². The maximum atomic E-state index is 13.1. The number of unbranched alkanes of at least 4 members (excludes halogenated alkanes) is 46. The Morgan fingerprint density at radius 3 is 0.687 bits per heavy atom. The number of hydrogen-bond acceptors (Lipinski definition) is 15. The van der Waals surface area contributed by atoms with Crippen LogP contribution < -0.4 is 0 Å². The molecule has 0 aliphatic rings. The summed E-state index contributed by atoms with van der Waals surface area (Å²) in [5.41, 5.74) is 0. The van der Waals surface area contributed by atoms with Gasteiger partial charge in [-0.25, -0.2) is 9.13 Å². The van der Waals surface area contributed by atoms with E-state index in [9.17, 15) is 43.2 Å². The van der Waals surface area contributed by atoms with Crippen LogP contribution in [0.15, 0.2) is 0 Å². The normalized spacial score (nSPS) is 14.0. The van der Waals surface area contributed by atoms with Gasteiger partial charge in [-0.1, -0.05) is 363 Å². The quantitative estimate of drug-likeness (QED) is 0.0222. The molecule has 0 aliphatic heterocycles. The summed E-state index contributed by atoms with van der Waals surface area (Å²) in [7, 11) is -9.91. The summed E-state index contributed by atoms with van der Waals surface area (Å²) < 4.78 is 68.6. The third-order valence-electron chi connectivity index (χ3n) is 18.6. The van der Waals surface area contributed by atoms with E-state index in [1.165, 1.54) is 218 Å². The average Bonchev–Trinajstić information content (AvgIpc) is 1.05. The van der Waals surface area contributed by atoms with E-state index in [-0.39, 0.29) is 25.7 Å². The Hall–Kier alpha value is -1.94. The molecule has 0 saturated carbocycles. The lowest BCUT2D eigenvalue weighted by molar-refractivity contribution is -0.161. The van der Waals surface area contributed by atoms with Crippen LogP contribution in [0.4, 0.5) is 0 Å². The number of phosphoric ester groups is 2. The standard InChI is InChI=1S/C80H156O17P2/c1-8-9-10-11-12-13-14-15-16-17-18-22-25-28-31-34-39-47-54-61-77(82)90-67-75(96-79(84)63-56-49-40-35-32-29-26-23-20-19-21-24-27-30-33-37-44-51-58-71(2)3)69-94-98(86,87)92-65-74(81)66-93-99(88,89)95-70-76(68-91-78(83)62-55-48-43-42-46-53-60-73(6)7)97-80(85)64-57-50-41-36-38-45-52-59-72(4)5/h71-76,81H,8-70H2,1-7H3,(H,86,87)(H,88,89)/t74-,75-,76-/m1/s1. The number of aliphatic hydroxyl groups is 1. The van der Waals surface area contributed by atoms with Gasteiger partial charge >= 0.3 is 39.5 Å². The van der Waals surface area contributed by atoms with Crippen LogP contribution in [0.2, 0.25) is 0 Å². The van der Waals surface area contributed by atoms with Gasteiger partial charge in [0.15, 0.2) is 12.2 Å². The Bertz CT molecular complexity index is 1920. The molecule has 0 radical (unpaired) electrons. The Morgan fingerprint density at radius 2 is 0.465 bits per heavy atom. The topological polar surface area (TPSA) is 237 Å². The first-order valence-corrected chi connectivity index (χ1v) is 44.3. The Balaban J connectivity index is 5.18. The zero-order valence-corrected chi connectivity index (χ0v) is 66.8. The lowest BCUT2D eigenvalue weighted by atomic mass is 10.0. The van der Waals surface area contributed by atoms with Crippen molar-refractivity contribution >= 4 is 39.5 Å². The zero-order chi connectivity index (χ0) is 73.0. The second-order valence-electron chi connectivity index (χ2n) is 30.2. The third-order valence-corrected chi connectivity index (χ3v) is 20.5. The van der Waals surface area contributed by atoms with E-state index < -0.39 is 97.5 Å². The van der Waals surface area contributed by atoms with Crippen molar-refractivity contribution in [2.45, 2.75) is 433 Å². The molecule has 0 aromatic rings. The molecule has 2 unspecified atom stereocenters. The summed E-state index contributed by atoms with van der Waals surface area (Å²) in [5, 5.41) is 10.6. The highest BCUT2D eigenvalue weighted by Crippen LogP contribution is 2.45. The second kappa shape index (κ2) is 70.4. The second-order valence-corrected chi connectivity index (χ2v) is 33.1. The van der Waals surface area contributed by atoms with Crippen LogP contribution in [-0.4, -0.2) is 96.7 Å². The van der Waals surface area contributed by atoms with Gasteiger partial charge in [-0.2, -0.15) is 0 Å². The highest BCUT2D eigenvalue weighted by molar-refractivity contribution is 7.47. The van der Waals surface area contributed by atoms with Gasteiger partial charge in [0.2, 0.25) is 0 Å². The van der Waals surface area contributed by atoms with Crippen LogP contribution in [0.25, 0.3) is 0 Å². The first-order valence-electron chi connectivity index (χ1n) is 41.3. The maximum Gasteiger partial charge on any atom is 0.472 e. The molecule has 0 saturated heterocycles. The van der Waals surface area contributed by atoms with Gasteiger partial charge < -0.3 is 33.8 Å². The monoisotopic (exact) mass is 1450 g/mol. The van der Waals surface area contributed by atoms with E-state index in [0.29, 0.717) is 37.5 Å². The number of carbonyl (C=O) groups is 4. The number of aliphatic hydroxyl groups excluding tert-OH is 1. The largest absolute Gasteiger partial charge is 0.472 e. The highest BCUT2D eigenvalue weighted by atomic mass is 31.2. The number of hydrogen-bond donors (Lipinski definition) is 3. The number of rotatable bonds is 78. The Kier molecular flexibility index (Phi) is 69.0. The zero-order valence-electron chi connectivity index (χ0n) is 65.0. The highest BCUT2D eigenvalue weighted by Gasteiger charge is 2.30. The molecule has 0 fully saturated rings. The van der Waals surface area contributed by atoms with Crippen molar-refractivity contribution in [3.8, 4) is 0 Å². The van der Waals surface area contributed by atoms with Gasteiger partial charge in [0, 0.05) is 25.7 Å². The molecule has 3 N–H and O–H groups in total. The minimum atomic E-state index is -4.96. The van der Waals surface area contributed by atoms with Crippen molar-refractivity contribution in [2.75, 3.05) is 39.6 Å². The van der Waals surface area contributed by atoms with E-state index >= 15 is 0 Å². The number of esters is 4. The average molecular weight is 1450 g/mol. The van der Waals surface area contributed by atoms with Crippen molar-refractivity contribution in [1.29, 1.82) is 0 Å². The van der Waals surface area contributed by atoms with Crippen LogP contribution in [0.5, 0.6) is 0 Å². The fraction of sp³-hybridized carbons (Fsp3) is 0.950. The SMILES string of the molecule is CCCCCCCCCCCCCCCCCCCCCC(=O)OC[C@H](COP(=O)(O)OC[C@@H](O)COP(=O)(O)OC[C@@H](COC(=O)CCCCCCCCC(C)C)OC(=O)CCCCCCCCCC(C)C)OC(=O)CCCCCCCCCCCCCCCCCCCCC(C)C. The van der Waals surface area contributed by atoms with Gasteiger partial charge in [-0.05, 0) is 43.4 Å². The molecular weight excluding hydrogens is 1290 g/mol.